The number of ether oxygens (including phenoxy) is 3. The lowest BCUT2D eigenvalue weighted by atomic mass is 9.86. The van der Waals surface area contributed by atoms with Crippen molar-refractivity contribution >= 4 is 31.9 Å². The molecule has 11 heteroatoms. The first-order valence-corrected chi connectivity index (χ1v) is 16.8. The molecule has 2 heterocycles. The molecule has 2 aromatic carbocycles. The largest absolute Gasteiger partial charge is 0.490 e. The zero-order valence-corrected chi connectivity index (χ0v) is 25.2. The summed E-state index contributed by atoms with van der Waals surface area (Å²) in [6.45, 7) is 6.64. The van der Waals surface area contributed by atoms with E-state index in [0.717, 1.165) is 5.56 Å². The number of rotatable bonds is 11. The SMILES string of the molecule is CO[C@@H]1c2cc(N3C(=O)CC3OC(C)=O)ccc2O[C@H](C(CC(=O)N(CCO)Cc2ccccc2)[Si](C)(C)F)[C@H]1C. The number of anilines is 1. The van der Waals surface area contributed by atoms with E-state index in [2.05, 4.69) is 0 Å². The molecule has 1 fully saturated rings. The molecule has 4 rings (SSSR count). The number of amides is 2. The highest BCUT2D eigenvalue weighted by Crippen LogP contribution is 2.48. The average molecular weight is 587 g/mol. The number of β-lactam (4-membered cyclic amide) rings is 1. The molecule has 1 saturated heterocycles. The molecule has 0 aliphatic carbocycles. The Hall–Kier alpha value is -3.28. The van der Waals surface area contributed by atoms with E-state index in [0.29, 0.717) is 23.5 Å². The van der Waals surface area contributed by atoms with Crippen LogP contribution in [0.25, 0.3) is 0 Å². The zero-order valence-electron chi connectivity index (χ0n) is 24.2. The van der Waals surface area contributed by atoms with Gasteiger partial charge in [0.1, 0.15) is 11.9 Å². The molecule has 0 bridgehead atoms. The number of esters is 1. The first-order valence-electron chi connectivity index (χ1n) is 13.9. The summed E-state index contributed by atoms with van der Waals surface area (Å²) in [5.41, 5.74) is 1.49. The maximum absolute atomic E-state index is 16.0. The van der Waals surface area contributed by atoms with Crippen molar-refractivity contribution in [2.45, 2.75) is 70.3 Å². The van der Waals surface area contributed by atoms with Crippen LogP contribution in [0.3, 0.4) is 0 Å². The minimum Gasteiger partial charge on any atom is -0.490 e. The van der Waals surface area contributed by atoms with Crippen molar-refractivity contribution in [3.05, 3.63) is 59.7 Å². The second-order valence-corrected chi connectivity index (χ2v) is 15.1. The van der Waals surface area contributed by atoms with Crippen molar-refractivity contribution in [2.75, 3.05) is 25.2 Å². The lowest BCUT2D eigenvalue weighted by molar-refractivity contribution is -0.153. The molecule has 2 unspecified atom stereocenters. The summed E-state index contributed by atoms with van der Waals surface area (Å²) in [7, 11) is -1.89. The van der Waals surface area contributed by atoms with Gasteiger partial charge in [-0.15, -0.1) is 0 Å². The van der Waals surface area contributed by atoms with Gasteiger partial charge in [-0.2, -0.15) is 0 Å². The number of hydrogen-bond acceptors (Lipinski definition) is 7. The number of halogens is 1. The Balaban J connectivity index is 1.59. The molecule has 0 saturated carbocycles. The van der Waals surface area contributed by atoms with E-state index in [-0.39, 0.29) is 43.7 Å². The van der Waals surface area contributed by atoms with Crippen LogP contribution in [-0.2, 0) is 30.4 Å². The minimum atomic E-state index is -3.45. The average Bonchev–Trinajstić information content (AvgIpc) is 2.90. The highest BCUT2D eigenvalue weighted by molar-refractivity contribution is 6.72. The smallest absolute Gasteiger partial charge is 0.304 e. The van der Waals surface area contributed by atoms with E-state index >= 15 is 4.11 Å². The molecule has 41 heavy (non-hydrogen) atoms. The molecule has 5 atom stereocenters. The van der Waals surface area contributed by atoms with E-state index in [1.54, 1.807) is 43.3 Å². The third-order valence-corrected chi connectivity index (χ3v) is 10.2. The van der Waals surface area contributed by atoms with Gasteiger partial charge in [-0.1, -0.05) is 37.3 Å². The highest BCUT2D eigenvalue weighted by Gasteiger charge is 2.49. The number of aliphatic hydroxyl groups excluding tert-OH is 1. The monoisotopic (exact) mass is 586 g/mol. The van der Waals surface area contributed by atoms with E-state index in [1.165, 1.54) is 11.8 Å². The van der Waals surface area contributed by atoms with Gasteiger partial charge in [0.25, 0.3) is 0 Å². The van der Waals surface area contributed by atoms with Gasteiger partial charge in [-0.3, -0.25) is 19.3 Å². The summed E-state index contributed by atoms with van der Waals surface area (Å²) >= 11 is 0. The molecule has 0 spiro atoms. The molecule has 1 N–H and O–H groups in total. The second-order valence-electron chi connectivity index (χ2n) is 11.3. The van der Waals surface area contributed by atoms with Gasteiger partial charge in [0, 0.05) is 56.3 Å². The van der Waals surface area contributed by atoms with Gasteiger partial charge in [0.2, 0.25) is 20.2 Å². The molecular weight excluding hydrogens is 547 g/mol. The van der Waals surface area contributed by atoms with Crippen molar-refractivity contribution in [1.29, 1.82) is 0 Å². The van der Waals surface area contributed by atoms with Crippen LogP contribution >= 0.6 is 0 Å². The van der Waals surface area contributed by atoms with Gasteiger partial charge in [0.05, 0.1) is 19.1 Å². The van der Waals surface area contributed by atoms with Crippen LogP contribution in [0.15, 0.2) is 48.5 Å². The van der Waals surface area contributed by atoms with Crippen molar-refractivity contribution in [3.8, 4) is 5.75 Å². The quantitative estimate of drug-likeness (QED) is 0.181. The Labute approximate surface area is 241 Å². The predicted molar refractivity (Wildman–Crippen MR) is 153 cm³/mol. The summed E-state index contributed by atoms with van der Waals surface area (Å²) < 4.78 is 33.6. The van der Waals surface area contributed by atoms with Gasteiger partial charge in [0.15, 0.2) is 6.23 Å². The second kappa shape index (κ2) is 12.7. The van der Waals surface area contributed by atoms with E-state index in [4.69, 9.17) is 14.2 Å². The van der Waals surface area contributed by atoms with Crippen LogP contribution in [0.4, 0.5) is 9.80 Å². The van der Waals surface area contributed by atoms with E-state index in [9.17, 15) is 19.5 Å². The van der Waals surface area contributed by atoms with Crippen LogP contribution in [0.2, 0.25) is 18.6 Å². The summed E-state index contributed by atoms with van der Waals surface area (Å²) in [6, 6.07) is 14.7. The molecule has 2 aromatic rings. The molecule has 2 amide bonds. The van der Waals surface area contributed by atoms with Crippen LogP contribution in [0.5, 0.6) is 5.75 Å². The van der Waals surface area contributed by atoms with Gasteiger partial charge in [-0.25, -0.2) is 0 Å². The Morgan fingerprint density at radius 2 is 1.93 bits per heavy atom. The summed E-state index contributed by atoms with van der Waals surface area (Å²) in [4.78, 5) is 40.4. The van der Waals surface area contributed by atoms with Crippen molar-refractivity contribution in [1.82, 2.24) is 4.90 Å². The number of benzene rings is 2. The molecule has 0 radical (unpaired) electrons. The fraction of sp³-hybridized carbons (Fsp3) is 0.500. The number of aliphatic hydroxyl groups is 1. The summed E-state index contributed by atoms with van der Waals surface area (Å²) in [6.07, 6.45) is -1.74. The first-order chi connectivity index (χ1) is 19.4. The van der Waals surface area contributed by atoms with Gasteiger partial charge < -0.3 is 28.3 Å². The standard InChI is InChI=1S/C30H39FN2O7Si/c1-19-29(38-3)23-15-22(33-27(37)17-28(33)39-20(2)35)11-12-24(23)40-30(19)25(41(4,5)31)16-26(36)32(13-14-34)18-21-9-7-6-8-10-21/h6-12,15,19,25,28-30,34H,13-14,16-18H2,1-5H3/t19-,25?,28?,29-,30-/m0/s1. The van der Waals surface area contributed by atoms with Crippen molar-refractivity contribution in [2.24, 2.45) is 5.92 Å². The Kier molecular flexibility index (Phi) is 9.50. The van der Waals surface area contributed by atoms with E-state index < -0.39 is 38.4 Å². The molecule has 9 nitrogen and oxygen atoms in total. The number of carbonyl (C=O) groups excluding carboxylic acids is 3. The highest BCUT2D eigenvalue weighted by atomic mass is 28.4. The fourth-order valence-corrected chi connectivity index (χ4v) is 7.59. The van der Waals surface area contributed by atoms with E-state index in [1.807, 2.05) is 37.3 Å². The van der Waals surface area contributed by atoms with Crippen LogP contribution < -0.4 is 9.64 Å². The summed E-state index contributed by atoms with van der Waals surface area (Å²) in [5, 5.41) is 9.63. The first kappa shape index (κ1) is 30.7. The summed E-state index contributed by atoms with van der Waals surface area (Å²) in [5.74, 6) is -0.711. The molecular formula is C30H39FN2O7Si. The zero-order chi connectivity index (χ0) is 29.9. The molecule has 2 aliphatic heterocycles. The number of hydrogen-bond donors (Lipinski definition) is 1. The number of fused-ring (bicyclic) bond motifs is 1. The molecule has 222 valence electrons. The Morgan fingerprint density at radius 1 is 1.22 bits per heavy atom. The van der Waals surface area contributed by atoms with Crippen LogP contribution in [0, 0.1) is 5.92 Å². The Bertz CT molecular complexity index is 1260. The predicted octanol–water partition coefficient (Wildman–Crippen LogP) is 4.35. The van der Waals surface area contributed by atoms with Gasteiger partial charge >= 0.3 is 5.97 Å². The Morgan fingerprint density at radius 3 is 2.51 bits per heavy atom. The maximum Gasteiger partial charge on any atom is 0.304 e. The normalized spacial score (nSPS) is 22.7. The van der Waals surface area contributed by atoms with Crippen molar-refractivity contribution < 1.29 is 37.8 Å². The third kappa shape index (κ3) is 6.79. The third-order valence-electron chi connectivity index (χ3n) is 7.91. The number of carbonyl (C=O) groups is 3. The molecule has 0 aromatic heterocycles. The van der Waals surface area contributed by atoms with Gasteiger partial charge in [-0.05, 0) is 36.9 Å². The number of methoxy groups -OCH3 is 1. The van der Waals surface area contributed by atoms with Crippen LogP contribution in [-0.4, -0.2) is 68.8 Å². The lowest BCUT2D eigenvalue weighted by Gasteiger charge is -2.44. The molecule has 2 aliphatic rings. The fourth-order valence-electron chi connectivity index (χ4n) is 5.78. The van der Waals surface area contributed by atoms with Crippen molar-refractivity contribution in [3.63, 3.8) is 0 Å². The topological polar surface area (TPSA) is 106 Å². The minimum absolute atomic E-state index is 0.0617. The van der Waals surface area contributed by atoms with Crippen LogP contribution in [0.1, 0.15) is 43.9 Å². The lowest BCUT2D eigenvalue weighted by Crippen LogP contribution is -2.55. The number of nitrogens with zero attached hydrogens (tertiary/aromatic N) is 2. The maximum atomic E-state index is 16.0.